The van der Waals surface area contributed by atoms with Crippen LogP contribution >= 0.6 is 11.6 Å². The summed E-state index contributed by atoms with van der Waals surface area (Å²) in [6.45, 7) is 1.75. The van der Waals surface area contributed by atoms with Crippen LogP contribution in [0.15, 0.2) is 36.4 Å². The third kappa shape index (κ3) is 2.79. The fourth-order valence-corrected chi connectivity index (χ4v) is 2.48. The first-order valence-electron chi connectivity index (χ1n) is 6.34. The highest BCUT2D eigenvalue weighted by Crippen LogP contribution is 2.33. The predicted molar refractivity (Wildman–Crippen MR) is 80.0 cm³/mol. The molecular formula is C16H17ClFNO. The molecule has 20 heavy (non-hydrogen) atoms. The zero-order valence-corrected chi connectivity index (χ0v) is 12.5. The molecule has 2 rings (SSSR count). The second-order valence-corrected chi connectivity index (χ2v) is 5.02. The van der Waals surface area contributed by atoms with E-state index >= 15 is 0 Å². The quantitative estimate of drug-likeness (QED) is 0.916. The van der Waals surface area contributed by atoms with Gasteiger partial charge in [0.15, 0.2) is 0 Å². The van der Waals surface area contributed by atoms with Crippen molar-refractivity contribution in [3.8, 4) is 5.75 Å². The van der Waals surface area contributed by atoms with E-state index in [1.807, 2.05) is 6.07 Å². The van der Waals surface area contributed by atoms with Crippen molar-refractivity contribution in [1.29, 1.82) is 0 Å². The molecule has 106 valence electrons. The van der Waals surface area contributed by atoms with Gasteiger partial charge in [-0.15, -0.1) is 0 Å². The maximum Gasteiger partial charge on any atom is 0.131 e. The minimum absolute atomic E-state index is 0.214. The zero-order chi connectivity index (χ0) is 14.7. The maximum atomic E-state index is 14.3. The zero-order valence-electron chi connectivity index (χ0n) is 11.7. The molecule has 0 aliphatic heterocycles. The molecule has 0 aliphatic rings. The van der Waals surface area contributed by atoms with Crippen molar-refractivity contribution in [2.75, 3.05) is 14.2 Å². The lowest BCUT2D eigenvalue weighted by Crippen LogP contribution is -2.20. The molecule has 2 nitrogen and oxygen atoms in total. The number of benzene rings is 2. The summed E-state index contributed by atoms with van der Waals surface area (Å²) in [6, 6.07) is 10.4. The molecule has 0 saturated heterocycles. The van der Waals surface area contributed by atoms with E-state index in [2.05, 4.69) is 5.32 Å². The number of ether oxygens (including phenoxy) is 1. The van der Waals surface area contributed by atoms with Crippen LogP contribution < -0.4 is 10.1 Å². The Balaban J connectivity index is 2.58. The van der Waals surface area contributed by atoms with Gasteiger partial charge in [-0.2, -0.15) is 0 Å². The number of aryl methyl sites for hydroxylation is 1. The second kappa shape index (κ2) is 6.25. The molecule has 4 heteroatoms. The lowest BCUT2D eigenvalue weighted by molar-refractivity contribution is 0.404. The summed E-state index contributed by atoms with van der Waals surface area (Å²) in [5, 5.41) is 3.72. The fourth-order valence-electron chi connectivity index (χ4n) is 2.30. The molecule has 0 amide bonds. The van der Waals surface area contributed by atoms with Gasteiger partial charge in [0.25, 0.3) is 0 Å². The van der Waals surface area contributed by atoms with Gasteiger partial charge in [-0.25, -0.2) is 4.39 Å². The van der Waals surface area contributed by atoms with Crippen molar-refractivity contribution < 1.29 is 9.13 Å². The highest BCUT2D eigenvalue weighted by atomic mass is 35.5. The van der Waals surface area contributed by atoms with E-state index in [-0.39, 0.29) is 11.9 Å². The molecule has 0 spiro atoms. The van der Waals surface area contributed by atoms with E-state index in [0.29, 0.717) is 21.9 Å². The van der Waals surface area contributed by atoms with Crippen molar-refractivity contribution >= 4 is 11.6 Å². The molecule has 0 radical (unpaired) electrons. The first kappa shape index (κ1) is 14.8. The third-order valence-corrected chi connectivity index (χ3v) is 3.56. The Morgan fingerprint density at radius 1 is 1.20 bits per heavy atom. The Labute approximate surface area is 123 Å². The van der Waals surface area contributed by atoms with Gasteiger partial charge in [-0.1, -0.05) is 29.8 Å². The third-order valence-electron chi connectivity index (χ3n) is 3.32. The minimum Gasteiger partial charge on any atom is -0.496 e. The number of halogens is 2. The van der Waals surface area contributed by atoms with Gasteiger partial charge < -0.3 is 10.1 Å². The first-order valence-corrected chi connectivity index (χ1v) is 6.72. The molecule has 0 bridgehead atoms. The summed E-state index contributed by atoms with van der Waals surface area (Å²) in [5.74, 6) is 0.462. The highest BCUT2D eigenvalue weighted by Gasteiger charge is 2.20. The second-order valence-electron chi connectivity index (χ2n) is 4.59. The molecule has 0 aliphatic carbocycles. The molecule has 2 aromatic carbocycles. The van der Waals surface area contributed by atoms with Crippen molar-refractivity contribution in [2.24, 2.45) is 0 Å². The Morgan fingerprint density at radius 2 is 1.95 bits per heavy atom. The van der Waals surface area contributed by atoms with E-state index in [4.69, 9.17) is 16.3 Å². The largest absolute Gasteiger partial charge is 0.496 e. The van der Waals surface area contributed by atoms with Crippen LogP contribution in [0, 0.1) is 12.7 Å². The fraction of sp³-hybridized carbons (Fsp3) is 0.250. The SMILES string of the molecule is CNC(c1cc(Cl)ccc1OC)c1cccc(C)c1F. The predicted octanol–water partition coefficient (Wildman–Crippen LogP) is 4.10. The van der Waals surface area contributed by atoms with Crippen LogP contribution in [0.25, 0.3) is 0 Å². The Hall–Kier alpha value is -1.58. The van der Waals surface area contributed by atoms with Crippen molar-refractivity contribution in [1.82, 2.24) is 5.32 Å². The Morgan fingerprint density at radius 3 is 2.60 bits per heavy atom. The van der Waals surface area contributed by atoms with Gasteiger partial charge in [-0.05, 0) is 37.7 Å². The van der Waals surface area contributed by atoms with E-state index in [0.717, 1.165) is 5.56 Å². The summed E-state index contributed by atoms with van der Waals surface area (Å²) in [7, 11) is 3.37. The highest BCUT2D eigenvalue weighted by molar-refractivity contribution is 6.30. The first-order chi connectivity index (χ1) is 9.58. The lowest BCUT2D eigenvalue weighted by atomic mass is 9.96. The summed E-state index contributed by atoms with van der Waals surface area (Å²) in [4.78, 5) is 0. The molecule has 0 aromatic heterocycles. The van der Waals surface area contributed by atoms with Crippen LogP contribution in [0.2, 0.25) is 5.02 Å². The molecular weight excluding hydrogens is 277 g/mol. The van der Waals surface area contributed by atoms with E-state index in [1.54, 1.807) is 51.4 Å². The molecule has 1 unspecified atom stereocenters. The maximum absolute atomic E-state index is 14.3. The molecule has 2 aromatic rings. The normalized spacial score (nSPS) is 12.2. The van der Waals surface area contributed by atoms with Crippen LogP contribution in [0.4, 0.5) is 4.39 Å². The Kier molecular flexibility index (Phi) is 4.63. The van der Waals surface area contributed by atoms with E-state index in [1.165, 1.54) is 0 Å². The summed E-state index contributed by atoms with van der Waals surface area (Å²) >= 11 is 6.06. The number of hydrogen-bond donors (Lipinski definition) is 1. The molecule has 0 saturated carbocycles. The van der Waals surface area contributed by atoms with Gasteiger partial charge in [-0.3, -0.25) is 0 Å². The monoisotopic (exact) mass is 293 g/mol. The van der Waals surface area contributed by atoms with E-state index < -0.39 is 0 Å². The topological polar surface area (TPSA) is 21.3 Å². The average molecular weight is 294 g/mol. The molecule has 1 N–H and O–H groups in total. The van der Waals surface area contributed by atoms with Gasteiger partial charge in [0, 0.05) is 16.1 Å². The van der Waals surface area contributed by atoms with E-state index in [9.17, 15) is 4.39 Å². The van der Waals surface area contributed by atoms with Gasteiger partial charge >= 0.3 is 0 Å². The average Bonchev–Trinajstić information content (AvgIpc) is 2.44. The summed E-state index contributed by atoms with van der Waals surface area (Å²) in [5.41, 5.74) is 2.00. The molecule has 0 fully saturated rings. The van der Waals surface area contributed by atoms with Gasteiger partial charge in [0.2, 0.25) is 0 Å². The van der Waals surface area contributed by atoms with Crippen LogP contribution in [0.1, 0.15) is 22.7 Å². The van der Waals surface area contributed by atoms with Crippen molar-refractivity contribution in [3.63, 3.8) is 0 Å². The van der Waals surface area contributed by atoms with Crippen molar-refractivity contribution in [2.45, 2.75) is 13.0 Å². The summed E-state index contributed by atoms with van der Waals surface area (Å²) in [6.07, 6.45) is 0. The minimum atomic E-state index is -0.316. The molecule has 1 atom stereocenters. The number of methoxy groups -OCH3 is 1. The van der Waals surface area contributed by atoms with Crippen LogP contribution in [-0.4, -0.2) is 14.2 Å². The lowest BCUT2D eigenvalue weighted by Gasteiger charge is -2.21. The van der Waals surface area contributed by atoms with Crippen LogP contribution in [0.3, 0.4) is 0 Å². The van der Waals surface area contributed by atoms with Gasteiger partial charge in [0.1, 0.15) is 11.6 Å². The van der Waals surface area contributed by atoms with Gasteiger partial charge in [0.05, 0.1) is 13.2 Å². The summed E-state index contributed by atoms with van der Waals surface area (Å²) < 4.78 is 19.7. The smallest absolute Gasteiger partial charge is 0.131 e. The van der Waals surface area contributed by atoms with Crippen molar-refractivity contribution in [3.05, 3.63) is 63.9 Å². The van der Waals surface area contributed by atoms with Crippen LogP contribution in [0.5, 0.6) is 5.75 Å². The molecule has 0 heterocycles. The number of rotatable bonds is 4. The number of nitrogens with one attached hydrogen (secondary N) is 1. The van der Waals surface area contributed by atoms with Crippen LogP contribution in [-0.2, 0) is 0 Å². The Bertz CT molecular complexity index is 615. The standard InChI is InChI=1S/C16H17ClFNO/c1-10-5-4-6-12(15(10)18)16(19-2)13-9-11(17)7-8-14(13)20-3/h4-9,16,19H,1-3H3. The number of hydrogen-bond acceptors (Lipinski definition) is 2.